The Labute approximate surface area is 168 Å². The lowest BCUT2D eigenvalue weighted by Gasteiger charge is -2.19. The quantitative estimate of drug-likeness (QED) is 0.415. The molecule has 0 heterocycles. The fourth-order valence-electron chi connectivity index (χ4n) is 3.51. The van der Waals surface area contributed by atoms with Crippen LogP contribution in [0.25, 0.3) is 0 Å². The number of nitrogens with two attached hydrogens (primary N) is 1. The average molecular weight is 381 g/mol. The number of hydrogen-bond acceptors (Lipinski definition) is 3. The van der Waals surface area contributed by atoms with E-state index in [0.717, 1.165) is 49.4 Å². The number of aliphatic imine (C=N–C) groups is 1. The van der Waals surface area contributed by atoms with Crippen molar-refractivity contribution in [3.8, 4) is 5.75 Å². The van der Waals surface area contributed by atoms with E-state index in [1.54, 1.807) is 0 Å². The fraction of sp³-hybridized carbons (Fsp3) is 0.435. The zero-order chi connectivity index (χ0) is 19.8. The number of aryl methyl sites for hydroxylation is 1. The van der Waals surface area contributed by atoms with Crippen molar-refractivity contribution < 1.29 is 4.74 Å². The summed E-state index contributed by atoms with van der Waals surface area (Å²) in [6, 6.07) is 14.5. The summed E-state index contributed by atoms with van der Waals surface area (Å²) >= 11 is 0. The van der Waals surface area contributed by atoms with Crippen LogP contribution in [-0.2, 0) is 19.4 Å². The van der Waals surface area contributed by atoms with Crippen LogP contribution < -0.4 is 15.8 Å². The highest BCUT2D eigenvalue weighted by molar-refractivity contribution is 5.93. The first-order valence-electron chi connectivity index (χ1n) is 10.2. The molecule has 0 unspecified atom stereocenters. The first kappa shape index (κ1) is 20.2. The first-order valence-corrected chi connectivity index (χ1v) is 10.2. The number of benzene rings is 2. The van der Waals surface area contributed by atoms with Crippen molar-refractivity contribution in [3.63, 3.8) is 0 Å². The van der Waals surface area contributed by atoms with Crippen LogP contribution in [0.1, 0.15) is 36.0 Å². The molecule has 0 fully saturated rings. The summed E-state index contributed by atoms with van der Waals surface area (Å²) in [4.78, 5) is 6.66. The van der Waals surface area contributed by atoms with Gasteiger partial charge in [0.05, 0.1) is 13.2 Å². The second kappa shape index (κ2) is 10.1. The lowest BCUT2D eigenvalue weighted by molar-refractivity contribution is 0.281. The molecule has 0 saturated heterocycles. The average Bonchev–Trinajstić information content (AvgIpc) is 2.71. The van der Waals surface area contributed by atoms with E-state index in [9.17, 15) is 0 Å². The van der Waals surface area contributed by atoms with Crippen molar-refractivity contribution in [1.29, 1.82) is 0 Å². The minimum absolute atomic E-state index is 0.461. The fourth-order valence-corrected chi connectivity index (χ4v) is 3.51. The van der Waals surface area contributed by atoms with E-state index >= 15 is 0 Å². The summed E-state index contributed by atoms with van der Waals surface area (Å²) < 4.78 is 5.77. The standard InChI is InChI=1S/C23H32N4O/c1-27(2)15-6-16-28-20-13-11-18(12-14-20)17-25-23(24)26-22-10-5-8-19-7-3-4-9-21(19)22/h5,8,10-14H,3-4,6-7,9,15-17H2,1-2H3,(H3,24,25,26). The van der Waals surface area contributed by atoms with Crippen molar-refractivity contribution in [2.45, 2.75) is 38.6 Å². The third-order valence-corrected chi connectivity index (χ3v) is 5.03. The molecule has 28 heavy (non-hydrogen) atoms. The van der Waals surface area contributed by atoms with E-state index in [0.29, 0.717) is 12.5 Å². The Kier molecular flexibility index (Phi) is 7.31. The van der Waals surface area contributed by atoms with Gasteiger partial charge in [-0.25, -0.2) is 4.99 Å². The van der Waals surface area contributed by atoms with Gasteiger partial charge < -0.3 is 20.7 Å². The third kappa shape index (κ3) is 5.99. The molecule has 5 heteroatoms. The molecule has 1 aliphatic rings. The van der Waals surface area contributed by atoms with Crippen molar-refractivity contribution in [2.75, 3.05) is 32.6 Å². The van der Waals surface area contributed by atoms with Gasteiger partial charge in [0.2, 0.25) is 0 Å². The van der Waals surface area contributed by atoms with Crippen LogP contribution in [-0.4, -0.2) is 38.1 Å². The van der Waals surface area contributed by atoms with Crippen LogP contribution in [0, 0.1) is 0 Å². The van der Waals surface area contributed by atoms with Crippen molar-refractivity contribution >= 4 is 11.6 Å². The van der Waals surface area contributed by atoms with E-state index in [-0.39, 0.29) is 0 Å². The number of anilines is 1. The summed E-state index contributed by atoms with van der Waals surface area (Å²) in [7, 11) is 4.14. The summed E-state index contributed by atoms with van der Waals surface area (Å²) in [6.07, 6.45) is 5.80. The predicted molar refractivity (Wildman–Crippen MR) is 117 cm³/mol. The molecule has 0 spiro atoms. The maximum atomic E-state index is 6.13. The highest BCUT2D eigenvalue weighted by atomic mass is 16.5. The van der Waals surface area contributed by atoms with Gasteiger partial charge in [-0.2, -0.15) is 0 Å². The summed E-state index contributed by atoms with van der Waals surface area (Å²) in [5.74, 6) is 1.36. The largest absolute Gasteiger partial charge is 0.494 e. The highest BCUT2D eigenvalue weighted by Gasteiger charge is 2.13. The Morgan fingerprint density at radius 3 is 2.68 bits per heavy atom. The van der Waals surface area contributed by atoms with Gasteiger partial charge >= 0.3 is 0 Å². The Morgan fingerprint density at radius 1 is 1.11 bits per heavy atom. The van der Waals surface area contributed by atoms with Crippen molar-refractivity contribution in [2.24, 2.45) is 10.7 Å². The Balaban J connectivity index is 1.51. The number of nitrogens with zero attached hydrogens (tertiary/aromatic N) is 2. The SMILES string of the molecule is CN(C)CCCOc1ccc(CN=C(N)Nc2cccc3c2CCCC3)cc1. The molecule has 0 saturated carbocycles. The molecule has 3 rings (SSSR count). The van der Waals surface area contributed by atoms with Crippen molar-refractivity contribution in [3.05, 3.63) is 59.2 Å². The van der Waals surface area contributed by atoms with Gasteiger partial charge in [-0.1, -0.05) is 24.3 Å². The molecular weight excluding hydrogens is 348 g/mol. The molecule has 1 aliphatic carbocycles. The lowest BCUT2D eigenvalue weighted by atomic mass is 9.90. The third-order valence-electron chi connectivity index (χ3n) is 5.03. The smallest absolute Gasteiger partial charge is 0.193 e. The molecule has 0 atom stereocenters. The van der Waals surface area contributed by atoms with Crippen molar-refractivity contribution in [1.82, 2.24) is 4.90 Å². The number of fused-ring (bicyclic) bond motifs is 1. The minimum atomic E-state index is 0.461. The normalized spacial score (nSPS) is 14.0. The van der Waals surface area contributed by atoms with Gasteiger partial charge in [-0.3, -0.25) is 0 Å². The van der Waals surface area contributed by atoms with Gasteiger partial charge in [0.25, 0.3) is 0 Å². The second-order valence-electron chi connectivity index (χ2n) is 7.63. The van der Waals surface area contributed by atoms with E-state index in [1.165, 1.54) is 24.0 Å². The monoisotopic (exact) mass is 380 g/mol. The van der Waals surface area contributed by atoms with Gasteiger partial charge in [0, 0.05) is 12.2 Å². The van der Waals surface area contributed by atoms with Crippen LogP contribution >= 0.6 is 0 Å². The Morgan fingerprint density at radius 2 is 1.89 bits per heavy atom. The Bertz CT molecular complexity index is 784. The number of hydrogen-bond donors (Lipinski definition) is 2. The second-order valence-corrected chi connectivity index (χ2v) is 7.63. The van der Waals surface area contributed by atoms with Gasteiger partial charge in [-0.05, 0) is 81.1 Å². The topological polar surface area (TPSA) is 62.9 Å². The minimum Gasteiger partial charge on any atom is -0.494 e. The molecule has 3 N–H and O–H groups in total. The molecule has 0 aliphatic heterocycles. The number of rotatable bonds is 8. The zero-order valence-corrected chi connectivity index (χ0v) is 17.1. The molecule has 2 aromatic carbocycles. The summed E-state index contributed by atoms with van der Waals surface area (Å²) in [5.41, 5.74) is 11.2. The predicted octanol–water partition coefficient (Wildman–Crippen LogP) is 3.82. The molecule has 5 nitrogen and oxygen atoms in total. The molecule has 0 bridgehead atoms. The molecule has 150 valence electrons. The maximum Gasteiger partial charge on any atom is 0.193 e. The van der Waals surface area contributed by atoms with E-state index in [2.05, 4.69) is 47.5 Å². The van der Waals surface area contributed by atoms with Crippen LogP contribution in [0.2, 0.25) is 0 Å². The van der Waals surface area contributed by atoms with Gasteiger partial charge in [-0.15, -0.1) is 0 Å². The van der Waals surface area contributed by atoms with E-state index in [4.69, 9.17) is 10.5 Å². The van der Waals surface area contributed by atoms with Crippen LogP contribution in [0.15, 0.2) is 47.5 Å². The Hall–Kier alpha value is -2.53. The molecule has 2 aromatic rings. The molecule has 0 amide bonds. The molecular formula is C23H32N4O. The van der Waals surface area contributed by atoms with Crippen LogP contribution in [0.4, 0.5) is 5.69 Å². The van der Waals surface area contributed by atoms with Crippen LogP contribution in [0.5, 0.6) is 5.75 Å². The molecule has 0 aromatic heterocycles. The van der Waals surface area contributed by atoms with E-state index < -0.39 is 0 Å². The highest BCUT2D eigenvalue weighted by Crippen LogP contribution is 2.27. The zero-order valence-electron chi connectivity index (χ0n) is 17.1. The lowest BCUT2D eigenvalue weighted by Crippen LogP contribution is -2.24. The number of guanidine groups is 1. The van der Waals surface area contributed by atoms with Gasteiger partial charge in [0.1, 0.15) is 5.75 Å². The summed E-state index contributed by atoms with van der Waals surface area (Å²) in [5, 5.41) is 3.29. The number of ether oxygens (including phenoxy) is 1. The maximum absolute atomic E-state index is 6.13. The molecule has 0 radical (unpaired) electrons. The van der Waals surface area contributed by atoms with Gasteiger partial charge in [0.15, 0.2) is 5.96 Å². The summed E-state index contributed by atoms with van der Waals surface area (Å²) in [6.45, 7) is 2.31. The van der Waals surface area contributed by atoms with Crippen LogP contribution in [0.3, 0.4) is 0 Å². The number of nitrogens with one attached hydrogen (secondary N) is 1. The first-order chi connectivity index (χ1) is 13.6. The van der Waals surface area contributed by atoms with E-state index in [1.807, 2.05) is 24.3 Å².